The highest BCUT2D eigenvalue weighted by atomic mass is 28.4. The lowest BCUT2D eigenvalue weighted by Crippen LogP contribution is -2.28. The Bertz CT molecular complexity index is 393. The molecule has 0 aliphatic rings. The second-order valence-corrected chi connectivity index (χ2v) is 8.55. The topological polar surface area (TPSA) is 26.3 Å². The summed E-state index contributed by atoms with van der Waals surface area (Å²) >= 11 is 0. The lowest BCUT2D eigenvalue weighted by Gasteiger charge is -2.14. The quantitative estimate of drug-likeness (QED) is 0.534. The van der Waals surface area contributed by atoms with Gasteiger partial charge in [0.1, 0.15) is 0 Å². The summed E-state index contributed by atoms with van der Waals surface area (Å²) in [5.74, 6) is 4.81. The van der Waals surface area contributed by atoms with E-state index < -0.39 is 14.3 Å². The minimum atomic E-state index is -1.81. The van der Waals surface area contributed by atoms with E-state index in [-0.39, 0.29) is 0 Å². The van der Waals surface area contributed by atoms with Gasteiger partial charge in [0.2, 0.25) is 8.32 Å². The van der Waals surface area contributed by atoms with Crippen molar-refractivity contribution in [3.05, 3.63) is 35.9 Å². The summed E-state index contributed by atoms with van der Waals surface area (Å²) < 4.78 is 5.19. The minimum Gasteiger partial charge on any atom is -0.511 e. The van der Waals surface area contributed by atoms with Crippen LogP contribution >= 0.6 is 0 Å². The zero-order valence-corrected chi connectivity index (χ0v) is 10.2. The SMILES string of the molecule is C[Si](C)(C)OC(=O)C#Cc1ccccc1. The number of carbonyl (C=O) groups is 1. The molecule has 0 aliphatic carbocycles. The molecule has 1 aromatic carbocycles. The van der Waals surface area contributed by atoms with Crippen LogP contribution in [0.4, 0.5) is 0 Å². The molecule has 0 radical (unpaired) electrons. The molecule has 0 unspecified atom stereocenters. The lowest BCUT2D eigenvalue weighted by atomic mass is 10.2. The molecule has 0 spiro atoms. The third-order valence-corrected chi connectivity index (χ3v) is 2.28. The molecule has 2 nitrogen and oxygen atoms in total. The summed E-state index contributed by atoms with van der Waals surface area (Å²) in [6.45, 7) is 5.86. The third kappa shape index (κ3) is 5.04. The first-order valence-corrected chi connectivity index (χ1v) is 8.18. The van der Waals surface area contributed by atoms with Crippen LogP contribution < -0.4 is 0 Å². The van der Waals surface area contributed by atoms with Gasteiger partial charge in [-0.3, -0.25) is 0 Å². The van der Waals surface area contributed by atoms with Crippen LogP contribution in [0.1, 0.15) is 5.56 Å². The Hall–Kier alpha value is -1.53. The van der Waals surface area contributed by atoms with Gasteiger partial charge in [0.05, 0.1) is 0 Å². The Kier molecular flexibility index (Phi) is 3.70. The summed E-state index contributed by atoms with van der Waals surface area (Å²) in [5, 5.41) is 0. The van der Waals surface area contributed by atoms with E-state index in [9.17, 15) is 4.79 Å². The molecule has 0 atom stereocenters. The molecule has 1 aromatic rings. The second kappa shape index (κ2) is 4.81. The molecule has 0 fully saturated rings. The smallest absolute Gasteiger partial charge is 0.371 e. The molecule has 0 aliphatic heterocycles. The van der Waals surface area contributed by atoms with E-state index >= 15 is 0 Å². The van der Waals surface area contributed by atoms with Crippen molar-refractivity contribution in [3.63, 3.8) is 0 Å². The maximum Gasteiger partial charge on any atom is 0.371 e. The second-order valence-electron chi connectivity index (χ2n) is 4.12. The highest BCUT2D eigenvalue weighted by Gasteiger charge is 2.18. The van der Waals surface area contributed by atoms with Crippen LogP contribution in [0.2, 0.25) is 19.6 Å². The van der Waals surface area contributed by atoms with Gasteiger partial charge >= 0.3 is 5.97 Å². The molecule has 0 saturated carbocycles. The molecule has 0 aromatic heterocycles. The monoisotopic (exact) mass is 218 g/mol. The van der Waals surface area contributed by atoms with Crippen molar-refractivity contribution in [1.82, 2.24) is 0 Å². The number of carbonyl (C=O) groups excluding carboxylic acids is 1. The Morgan fingerprint density at radius 2 is 1.80 bits per heavy atom. The van der Waals surface area contributed by atoms with Crippen LogP contribution in [0.5, 0.6) is 0 Å². The molecule has 0 N–H and O–H groups in total. The van der Waals surface area contributed by atoms with Gasteiger partial charge in [-0.2, -0.15) is 0 Å². The first-order chi connectivity index (χ1) is 6.97. The van der Waals surface area contributed by atoms with Crippen LogP contribution in [-0.2, 0) is 9.22 Å². The summed E-state index contributed by atoms with van der Waals surface area (Å²) in [5.41, 5.74) is 0.824. The van der Waals surface area contributed by atoms with Crippen molar-refractivity contribution in [2.45, 2.75) is 19.6 Å². The van der Waals surface area contributed by atoms with E-state index in [0.717, 1.165) is 5.56 Å². The number of hydrogen-bond donors (Lipinski definition) is 0. The molecule has 0 amide bonds. The highest BCUT2D eigenvalue weighted by Crippen LogP contribution is 2.02. The van der Waals surface area contributed by atoms with Gasteiger partial charge in [0, 0.05) is 11.5 Å². The molecule has 3 heteroatoms. The summed E-state index contributed by atoms with van der Waals surface area (Å²) in [6, 6.07) is 9.39. The zero-order chi connectivity index (χ0) is 11.3. The number of hydrogen-bond acceptors (Lipinski definition) is 2. The normalized spacial score (nSPS) is 10.1. The molecule has 1 rings (SSSR count). The average Bonchev–Trinajstić information content (AvgIpc) is 2.14. The van der Waals surface area contributed by atoms with E-state index in [4.69, 9.17) is 4.43 Å². The minimum absolute atomic E-state index is 0.432. The van der Waals surface area contributed by atoms with Gasteiger partial charge in [0.15, 0.2) is 0 Å². The molecule has 15 heavy (non-hydrogen) atoms. The molecule has 0 heterocycles. The third-order valence-electron chi connectivity index (χ3n) is 1.48. The standard InChI is InChI=1S/C12H14O2Si/c1-15(2,3)14-12(13)10-9-11-7-5-4-6-8-11/h4-8H,1-3H3. The summed E-state index contributed by atoms with van der Waals surface area (Å²) in [6.07, 6.45) is 0. The molecule has 0 saturated heterocycles. The maximum atomic E-state index is 11.3. The van der Waals surface area contributed by atoms with Crippen molar-refractivity contribution >= 4 is 14.3 Å². The van der Waals surface area contributed by atoms with Gasteiger partial charge in [-0.25, -0.2) is 4.79 Å². The number of benzene rings is 1. The van der Waals surface area contributed by atoms with Crippen molar-refractivity contribution in [2.75, 3.05) is 0 Å². The van der Waals surface area contributed by atoms with Crippen molar-refractivity contribution < 1.29 is 9.22 Å². The van der Waals surface area contributed by atoms with Gasteiger partial charge in [-0.1, -0.05) is 24.1 Å². The summed E-state index contributed by atoms with van der Waals surface area (Å²) in [4.78, 5) is 11.3. The molecular formula is C12H14O2Si. The predicted molar refractivity (Wildman–Crippen MR) is 62.8 cm³/mol. The van der Waals surface area contributed by atoms with Gasteiger partial charge in [-0.05, 0) is 31.8 Å². The van der Waals surface area contributed by atoms with E-state index in [2.05, 4.69) is 11.8 Å². The van der Waals surface area contributed by atoms with Crippen LogP contribution in [-0.4, -0.2) is 14.3 Å². The molecule has 78 valence electrons. The zero-order valence-electron chi connectivity index (χ0n) is 9.20. The van der Waals surface area contributed by atoms with Crippen molar-refractivity contribution in [2.24, 2.45) is 0 Å². The van der Waals surface area contributed by atoms with Gasteiger partial charge in [-0.15, -0.1) is 0 Å². The van der Waals surface area contributed by atoms with Gasteiger partial charge < -0.3 is 4.43 Å². The average molecular weight is 218 g/mol. The summed E-state index contributed by atoms with van der Waals surface area (Å²) in [7, 11) is -1.81. The fraction of sp³-hybridized carbons (Fsp3) is 0.250. The van der Waals surface area contributed by atoms with E-state index in [0.29, 0.717) is 0 Å². The van der Waals surface area contributed by atoms with Crippen LogP contribution in [0, 0.1) is 11.8 Å². The van der Waals surface area contributed by atoms with Crippen molar-refractivity contribution in [1.29, 1.82) is 0 Å². The fourth-order valence-corrected chi connectivity index (χ4v) is 1.56. The largest absolute Gasteiger partial charge is 0.511 e. The molecular weight excluding hydrogens is 204 g/mol. The van der Waals surface area contributed by atoms with E-state index in [1.165, 1.54) is 0 Å². The first-order valence-electron chi connectivity index (χ1n) is 4.77. The van der Waals surface area contributed by atoms with E-state index in [1.54, 1.807) is 0 Å². The van der Waals surface area contributed by atoms with E-state index in [1.807, 2.05) is 50.0 Å². The highest BCUT2D eigenvalue weighted by molar-refractivity contribution is 6.71. The Balaban J connectivity index is 2.64. The predicted octanol–water partition coefficient (Wildman–Crippen LogP) is 2.42. The Morgan fingerprint density at radius 1 is 1.20 bits per heavy atom. The van der Waals surface area contributed by atoms with Gasteiger partial charge in [0.25, 0.3) is 0 Å². The fourth-order valence-electron chi connectivity index (χ4n) is 0.948. The number of rotatable bonds is 1. The first kappa shape index (κ1) is 11.5. The Labute approximate surface area is 91.4 Å². The Morgan fingerprint density at radius 3 is 2.33 bits per heavy atom. The van der Waals surface area contributed by atoms with Crippen LogP contribution in [0.25, 0.3) is 0 Å². The molecule has 0 bridgehead atoms. The lowest BCUT2D eigenvalue weighted by molar-refractivity contribution is -0.128. The van der Waals surface area contributed by atoms with Crippen LogP contribution in [0.3, 0.4) is 0 Å². The maximum absolute atomic E-state index is 11.3. The van der Waals surface area contributed by atoms with Crippen LogP contribution in [0.15, 0.2) is 30.3 Å². The van der Waals surface area contributed by atoms with Crippen molar-refractivity contribution in [3.8, 4) is 11.8 Å².